The maximum absolute atomic E-state index is 12.1. The molecule has 0 bridgehead atoms. The Balaban J connectivity index is 2.06. The van der Waals surface area contributed by atoms with Gasteiger partial charge in [-0.15, -0.1) is 0 Å². The Bertz CT molecular complexity index is 827. The van der Waals surface area contributed by atoms with Crippen molar-refractivity contribution in [2.45, 2.75) is 0 Å². The first-order valence-electron chi connectivity index (χ1n) is 6.61. The number of hydrogen-bond donors (Lipinski definition) is 2. The zero-order valence-corrected chi connectivity index (χ0v) is 11.2. The minimum Gasteiger partial charge on any atom is -0.491 e. The number of aliphatic hydroxyl groups excluding tert-OH is 1. The molecule has 0 saturated heterocycles. The van der Waals surface area contributed by atoms with Gasteiger partial charge in [0.15, 0.2) is 0 Å². The third kappa shape index (κ3) is 2.78. The number of ether oxygens (including phenoxy) is 1. The van der Waals surface area contributed by atoms with Gasteiger partial charge in [-0.2, -0.15) is 0 Å². The molecular formula is C16H14N2O3. The Morgan fingerprint density at radius 2 is 2.00 bits per heavy atom. The van der Waals surface area contributed by atoms with E-state index in [0.717, 1.165) is 5.56 Å². The van der Waals surface area contributed by atoms with Crippen molar-refractivity contribution < 1.29 is 9.84 Å². The number of fused-ring (bicyclic) bond motifs is 1. The molecule has 3 aromatic rings. The highest BCUT2D eigenvalue weighted by atomic mass is 16.5. The smallest absolute Gasteiger partial charge is 0.259 e. The molecule has 1 aromatic heterocycles. The van der Waals surface area contributed by atoms with Crippen LogP contribution in [0.2, 0.25) is 0 Å². The lowest BCUT2D eigenvalue weighted by Gasteiger charge is -2.07. The number of rotatable bonds is 4. The van der Waals surface area contributed by atoms with E-state index in [9.17, 15) is 4.79 Å². The van der Waals surface area contributed by atoms with Crippen molar-refractivity contribution in [2.75, 3.05) is 13.2 Å². The Morgan fingerprint density at radius 3 is 2.86 bits per heavy atom. The highest BCUT2D eigenvalue weighted by molar-refractivity contribution is 5.79. The standard InChI is InChI=1S/C16H14N2O3/c19-8-9-21-12-5-3-4-11(10-12)15-17-14-7-2-1-6-13(14)16(20)18-15/h1-7,10,19H,8-9H2,(H,17,18,20). The Hall–Kier alpha value is -2.66. The molecule has 2 N–H and O–H groups in total. The van der Waals surface area contributed by atoms with Crippen LogP contribution in [-0.4, -0.2) is 28.3 Å². The van der Waals surface area contributed by atoms with Crippen LogP contribution in [0, 0.1) is 0 Å². The quantitative estimate of drug-likeness (QED) is 0.767. The summed E-state index contributed by atoms with van der Waals surface area (Å²) in [4.78, 5) is 19.3. The molecule has 0 aliphatic rings. The minimum absolute atomic E-state index is 0.0463. The molecule has 2 aromatic carbocycles. The fourth-order valence-corrected chi connectivity index (χ4v) is 2.12. The van der Waals surface area contributed by atoms with Gasteiger partial charge in [-0.05, 0) is 24.3 Å². The molecule has 21 heavy (non-hydrogen) atoms. The normalized spacial score (nSPS) is 10.7. The van der Waals surface area contributed by atoms with Gasteiger partial charge < -0.3 is 14.8 Å². The van der Waals surface area contributed by atoms with Gasteiger partial charge in [0.1, 0.15) is 18.2 Å². The zero-order valence-electron chi connectivity index (χ0n) is 11.2. The van der Waals surface area contributed by atoms with E-state index in [-0.39, 0.29) is 18.8 Å². The summed E-state index contributed by atoms with van der Waals surface area (Å²) < 4.78 is 5.37. The van der Waals surface area contributed by atoms with E-state index in [1.165, 1.54) is 0 Å². The van der Waals surface area contributed by atoms with Crippen molar-refractivity contribution in [2.24, 2.45) is 0 Å². The molecule has 0 amide bonds. The molecular weight excluding hydrogens is 268 g/mol. The highest BCUT2D eigenvalue weighted by Gasteiger charge is 2.06. The summed E-state index contributed by atoms with van der Waals surface area (Å²) in [5.74, 6) is 1.12. The lowest BCUT2D eigenvalue weighted by atomic mass is 10.2. The lowest BCUT2D eigenvalue weighted by molar-refractivity contribution is 0.201. The number of aromatic amines is 1. The number of para-hydroxylation sites is 1. The molecule has 5 nitrogen and oxygen atoms in total. The van der Waals surface area contributed by atoms with E-state index in [1.54, 1.807) is 24.3 Å². The Kier molecular flexibility index (Phi) is 3.66. The van der Waals surface area contributed by atoms with Crippen LogP contribution in [0.1, 0.15) is 0 Å². The number of benzene rings is 2. The summed E-state index contributed by atoms with van der Waals surface area (Å²) in [7, 11) is 0. The van der Waals surface area contributed by atoms with Crippen molar-refractivity contribution in [3.63, 3.8) is 0 Å². The van der Waals surface area contributed by atoms with E-state index in [2.05, 4.69) is 9.97 Å². The van der Waals surface area contributed by atoms with Gasteiger partial charge in [0, 0.05) is 5.56 Å². The van der Waals surface area contributed by atoms with Crippen LogP contribution in [-0.2, 0) is 0 Å². The summed E-state index contributed by atoms with van der Waals surface area (Å²) in [6.07, 6.45) is 0. The van der Waals surface area contributed by atoms with Gasteiger partial charge in [0.05, 0.1) is 17.5 Å². The van der Waals surface area contributed by atoms with Crippen LogP contribution in [0.4, 0.5) is 0 Å². The summed E-state index contributed by atoms with van der Waals surface area (Å²) in [6, 6.07) is 14.4. The number of H-pyrrole nitrogens is 1. The van der Waals surface area contributed by atoms with Crippen molar-refractivity contribution in [3.8, 4) is 17.1 Å². The van der Waals surface area contributed by atoms with Crippen molar-refractivity contribution in [1.82, 2.24) is 9.97 Å². The van der Waals surface area contributed by atoms with Gasteiger partial charge in [0.2, 0.25) is 0 Å². The first-order chi connectivity index (χ1) is 10.3. The summed E-state index contributed by atoms with van der Waals surface area (Å²) in [5.41, 5.74) is 1.24. The topological polar surface area (TPSA) is 75.2 Å². The van der Waals surface area contributed by atoms with Gasteiger partial charge in [-0.1, -0.05) is 24.3 Å². The van der Waals surface area contributed by atoms with Crippen molar-refractivity contribution in [3.05, 3.63) is 58.9 Å². The summed E-state index contributed by atoms with van der Waals surface area (Å²) in [5, 5.41) is 9.35. The SMILES string of the molecule is O=c1[nH]c(-c2cccc(OCCO)c2)nc2ccccc12. The van der Waals surface area contributed by atoms with Crippen LogP contribution in [0.15, 0.2) is 53.3 Å². The first kappa shape index (κ1) is 13.3. The number of nitrogens with zero attached hydrogens (tertiary/aromatic N) is 1. The number of aliphatic hydroxyl groups is 1. The predicted molar refractivity (Wildman–Crippen MR) is 80.4 cm³/mol. The third-order valence-electron chi connectivity index (χ3n) is 3.08. The van der Waals surface area contributed by atoms with E-state index in [4.69, 9.17) is 9.84 Å². The van der Waals surface area contributed by atoms with E-state index < -0.39 is 0 Å². The molecule has 0 atom stereocenters. The summed E-state index contributed by atoms with van der Waals surface area (Å²) >= 11 is 0. The Labute approximate surface area is 120 Å². The monoisotopic (exact) mass is 282 g/mol. The molecule has 0 saturated carbocycles. The average Bonchev–Trinajstić information content (AvgIpc) is 2.53. The fourth-order valence-electron chi connectivity index (χ4n) is 2.12. The molecule has 5 heteroatoms. The lowest BCUT2D eigenvalue weighted by Crippen LogP contribution is -2.09. The van der Waals surface area contributed by atoms with E-state index >= 15 is 0 Å². The molecule has 0 radical (unpaired) electrons. The molecule has 0 spiro atoms. The minimum atomic E-state index is -0.169. The van der Waals surface area contributed by atoms with Crippen molar-refractivity contribution >= 4 is 10.9 Å². The molecule has 3 rings (SSSR count). The molecule has 0 unspecified atom stereocenters. The zero-order chi connectivity index (χ0) is 14.7. The fraction of sp³-hybridized carbons (Fsp3) is 0.125. The second kappa shape index (κ2) is 5.76. The molecule has 0 aliphatic carbocycles. The van der Waals surface area contributed by atoms with Gasteiger partial charge in [-0.3, -0.25) is 4.79 Å². The second-order valence-electron chi connectivity index (χ2n) is 4.53. The predicted octanol–water partition coefficient (Wildman–Crippen LogP) is 1.96. The Morgan fingerprint density at radius 1 is 1.14 bits per heavy atom. The number of nitrogens with one attached hydrogen (secondary N) is 1. The van der Waals surface area contributed by atoms with Gasteiger partial charge >= 0.3 is 0 Å². The van der Waals surface area contributed by atoms with Gasteiger partial charge in [0.25, 0.3) is 5.56 Å². The van der Waals surface area contributed by atoms with Crippen LogP contribution >= 0.6 is 0 Å². The molecule has 1 heterocycles. The van der Waals surface area contributed by atoms with E-state index in [0.29, 0.717) is 22.5 Å². The van der Waals surface area contributed by atoms with Crippen LogP contribution in [0.25, 0.3) is 22.3 Å². The first-order valence-corrected chi connectivity index (χ1v) is 6.61. The largest absolute Gasteiger partial charge is 0.491 e. The summed E-state index contributed by atoms with van der Waals surface area (Å²) in [6.45, 7) is 0.181. The second-order valence-corrected chi connectivity index (χ2v) is 4.53. The number of hydrogen-bond acceptors (Lipinski definition) is 4. The maximum Gasteiger partial charge on any atom is 0.259 e. The van der Waals surface area contributed by atoms with E-state index in [1.807, 2.05) is 24.3 Å². The van der Waals surface area contributed by atoms with Crippen LogP contribution < -0.4 is 10.3 Å². The molecule has 106 valence electrons. The molecule has 0 aliphatic heterocycles. The van der Waals surface area contributed by atoms with Crippen LogP contribution in [0.3, 0.4) is 0 Å². The third-order valence-corrected chi connectivity index (χ3v) is 3.08. The van der Waals surface area contributed by atoms with Crippen LogP contribution in [0.5, 0.6) is 5.75 Å². The van der Waals surface area contributed by atoms with Gasteiger partial charge in [-0.25, -0.2) is 4.98 Å². The maximum atomic E-state index is 12.1. The highest BCUT2D eigenvalue weighted by Crippen LogP contribution is 2.21. The van der Waals surface area contributed by atoms with Crippen molar-refractivity contribution in [1.29, 1.82) is 0 Å². The molecule has 0 fully saturated rings. The number of aromatic nitrogens is 2. The average molecular weight is 282 g/mol.